The molecule has 3 nitrogen and oxygen atoms in total. The fourth-order valence-corrected chi connectivity index (χ4v) is 6.77. The Hall–Kier alpha value is -6.71. The topological polar surface area (TPSA) is 29.3 Å². The molecule has 0 spiro atoms. The number of benzene rings is 8. The first kappa shape index (κ1) is 29.4. The predicted octanol–water partition coefficient (Wildman–Crippen LogP) is 13.1. The zero-order valence-electron chi connectivity index (χ0n) is 27.3. The van der Waals surface area contributed by atoms with Crippen molar-refractivity contribution in [3.05, 3.63) is 194 Å². The van der Waals surface area contributed by atoms with Gasteiger partial charge < -0.3 is 9.32 Å². The summed E-state index contributed by atoms with van der Waals surface area (Å²) in [5.74, 6) is 0.625. The zero-order chi connectivity index (χ0) is 33.3. The lowest BCUT2D eigenvalue weighted by atomic mass is 10.00. The number of fused-ring (bicyclic) bond motifs is 2. The van der Waals surface area contributed by atoms with Gasteiger partial charge in [-0.15, -0.1) is 0 Å². The number of oxazole rings is 1. The Morgan fingerprint density at radius 2 is 0.920 bits per heavy atom. The number of anilines is 3. The molecule has 50 heavy (non-hydrogen) atoms. The van der Waals surface area contributed by atoms with Crippen molar-refractivity contribution in [1.29, 1.82) is 0 Å². The van der Waals surface area contributed by atoms with Crippen LogP contribution in [0.4, 0.5) is 17.1 Å². The Kier molecular flexibility index (Phi) is 7.49. The molecule has 0 fully saturated rings. The quantitative estimate of drug-likeness (QED) is 0.174. The first-order valence-electron chi connectivity index (χ1n) is 16.9. The maximum absolute atomic E-state index is 6.37. The van der Waals surface area contributed by atoms with E-state index in [4.69, 9.17) is 9.40 Å². The fourth-order valence-electron chi connectivity index (χ4n) is 6.77. The Balaban J connectivity index is 1.14. The second kappa shape index (κ2) is 12.7. The Morgan fingerprint density at radius 3 is 1.64 bits per heavy atom. The van der Waals surface area contributed by atoms with Crippen molar-refractivity contribution in [1.82, 2.24) is 4.98 Å². The molecule has 0 aliphatic heterocycles. The van der Waals surface area contributed by atoms with Crippen molar-refractivity contribution in [3.63, 3.8) is 0 Å². The van der Waals surface area contributed by atoms with Crippen LogP contribution < -0.4 is 4.90 Å². The van der Waals surface area contributed by atoms with Crippen LogP contribution in [-0.4, -0.2) is 4.98 Å². The summed E-state index contributed by atoms with van der Waals surface area (Å²) in [6, 6.07) is 68.3. The number of aromatic nitrogens is 1. The van der Waals surface area contributed by atoms with Crippen LogP contribution in [0.1, 0.15) is 0 Å². The van der Waals surface area contributed by atoms with Gasteiger partial charge in [0.1, 0.15) is 5.52 Å². The number of hydrogen-bond acceptors (Lipinski definition) is 3. The van der Waals surface area contributed by atoms with E-state index in [-0.39, 0.29) is 0 Å². The highest BCUT2D eigenvalue weighted by molar-refractivity contribution is 5.93. The van der Waals surface area contributed by atoms with Gasteiger partial charge in [0.15, 0.2) is 5.58 Å². The van der Waals surface area contributed by atoms with Crippen molar-refractivity contribution in [3.8, 4) is 44.8 Å². The van der Waals surface area contributed by atoms with Gasteiger partial charge in [-0.1, -0.05) is 133 Å². The molecule has 0 bridgehead atoms. The maximum atomic E-state index is 6.37. The molecule has 0 aliphatic rings. The normalized spacial score (nSPS) is 11.2. The van der Waals surface area contributed by atoms with Gasteiger partial charge in [-0.05, 0) is 99.3 Å². The van der Waals surface area contributed by atoms with Gasteiger partial charge in [0.05, 0.1) is 0 Å². The number of para-hydroxylation sites is 1. The molecular formula is C47H32N2O. The van der Waals surface area contributed by atoms with Crippen LogP contribution in [0.25, 0.3) is 66.7 Å². The fraction of sp³-hybridized carbons (Fsp3) is 0. The standard InChI is InChI=1S/C47H32N2O/c1-3-12-33(13-4-1)38-18-9-20-42(31-38)49(43-21-10-19-39(32-43)40-25-24-34-14-7-8-17-37(34)30-40)41-28-26-35(27-29-41)44-22-11-23-45-46(44)50-47(48-45)36-15-5-2-6-16-36/h1-32H. The van der Waals surface area contributed by atoms with Gasteiger partial charge in [-0.3, -0.25) is 0 Å². The minimum Gasteiger partial charge on any atom is -0.435 e. The van der Waals surface area contributed by atoms with Crippen LogP contribution in [0.15, 0.2) is 199 Å². The van der Waals surface area contributed by atoms with E-state index >= 15 is 0 Å². The van der Waals surface area contributed by atoms with E-state index in [0.717, 1.165) is 44.9 Å². The van der Waals surface area contributed by atoms with E-state index in [0.29, 0.717) is 5.89 Å². The first-order chi connectivity index (χ1) is 24.8. The minimum absolute atomic E-state index is 0.625. The average Bonchev–Trinajstić information content (AvgIpc) is 3.64. The Bertz CT molecular complexity index is 2590. The second-order valence-electron chi connectivity index (χ2n) is 12.4. The molecule has 8 aromatic carbocycles. The maximum Gasteiger partial charge on any atom is 0.227 e. The third-order valence-corrected chi connectivity index (χ3v) is 9.27. The van der Waals surface area contributed by atoms with Crippen molar-refractivity contribution < 1.29 is 4.42 Å². The lowest BCUT2D eigenvalue weighted by Crippen LogP contribution is -2.10. The third kappa shape index (κ3) is 5.61. The summed E-state index contributed by atoms with van der Waals surface area (Å²) in [6.07, 6.45) is 0. The minimum atomic E-state index is 0.625. The molecule has 9 rings (SSSR count). The molecule has 1 heterocycles. The van der Waals surface area contributed by atoms with Crippen LogP contribution >= 0.6 is 0 Å². The number of nitrogens with zero attached hydrogens (tertiary/aromatic N) is 2. The lowest BCUT2D eigenvalue weighted by Gasteiger charge is -2.27. The highest BCUT2D eigenvalue weighted by atomic mass is 16.3. The summed E-state index contributed by atoms with van der Waals surface area (Å²) in [5.41, 5.74) is 12.6. The number of rotatable bonds is 7. The second-order valence-corrected chi connectivity index (χ2v) is 12.4. The summed E-state index contributed by atoms with van der Waals surface area (Å²) in [6.45, 7) is 0. The van der Waals surface area contributed by atoms with E-state index in [9.17, 15) is 0 Å². The smallest absolute Gasteiger partial charge is 0.227 e. The molecule has 3 heteroatoms. The van der Waals surface area contributed by atoms with Gasteiger partial charge in [0, 0.05) is 28.2 Å². The largest absolute Gasteiger partial charge is 0.435 e. The summed E-state index contributed by atoms with van der Waals surface area (Å²) in [5, 5.41) is 2.47. The molecule has 0 N–H and O–H groups in total. The van der Waals surface area contributed by atoms with E-state index in [1.807, 2.05) is 42.5 Å². The van der Waals surface area contributed by atoms with Crippen molar-refractivity contribution in [2.45, 2.75) is 0 Å². The molecule has 9 aromatic rings. The summed E-state index contributed by atoms with van der Waals surface area (Å²) in [7, 11) is 0. The summed E-state index contributed by atoms with van der Waals surface area (Å²) in [4.78, 5) is 7.14. The van der Waals surface area contributed by atoms with Crippen LogP contribution in [0, 0.1) is 0 Å². The first-order valence-corrected chi connectivity index (χ1v) is 16.9. The molecule has 0 amide bonds. The van der Waals surface area contributed by atoms with Gasteiger partial charge in [-0.25, -0.2) is 4.98 Å². The van der Waals surface area contributed by atoms with Crippen LogP contribution in [0.3, 0.4) is 0 Å². The van der Waals surface area contributed by atoms with Crippen LogP contribution in [0.5, 0.6) is 0 Å². The van der Waals surface area contributed by atoms with E-state index in [1.54, 1.807) is 0 Å². The molecule has 0 saturated carbocycles. The van der Waals surface area contributed by atoms with E-state index in [1.165, 1.54) is 33.0 Å². The molecular weight excluding hydrogens is 609 g/mol. The SMILES string of the molecule is c1ccc(-c2cccc(N(c3ccc(-c4cccc5nc(-c6ccccc6)oc45)cc3)c3cccc(-c4ccc5ccccc5c4)c3)c2)cc1. The highest BCUT2D eigenvalue weighted by Gasteiger charge is 2.17. The third-order valence-electron chi connectivity index (χ3n) is 9.27. The molecule has 0 unspecified atom stereocenters. The lowest BCUT2D eigenvalue weighted by molar-refractivity contribution is 0.621. The highest BCUT2D eigenvalue weighted by Crippen LogP contribution is 2.40. The molecule has 0 aliphatic carbocycles. The molecule has 0 atom stereocenters. The number of hydrogen-bond donors (Lipinski definition) is 0. The predicted molar refractivity (Wildman–Crippen MR) is 208 cm³/mol. The van der Waals surface area contributed by atoms with Gasteiger partial charge in [0.25, 0.3) is 0 Å². The zero-order valence-corrected chi connectivity index (χ0v) is 27.3. The Labute approximate surface area is 291 Å². The van der Waals surface area contributed by atoms with E-state index in [2.05, 4.69) is 157 Å². The molecule has 0 saturated heterocycles. The van der Waals surface area contributed by atoms with Crippen LogP contribution in [0.2, 0.25) is 0 Å². The van der Waals surface area contributed by atoms with Crippen molar-refractivity contribution >= 4 is 38.9 Å². The average molecular weight is 641 g/mol. The van der Waals surface area contributed by atoms with Gasteiger partial charge in [-0.2, -0.15) is 0 Å². The van der Waals surface area contributed by atoms with Gasteiger partial charge >= 0.3 is 0 Å². The van der Waals surface area contributed by atoms with Crippen LogP contribution in [-0.2, 0) is 0 Å². The van der Waals surface area contributed by atoms with Gasteiger partial charge in [0.2, 0.25) is 5.89 Å². The molecule has 236 valence electrons. The van der Waals surface area contributed by atoms with Crippen molar-refractivity contribution in [2.75, 3.05) is 4.90 Å². The Morgan fingerprint density at radius 1 is 0.360 bits per heavy atom. The summed E-state index contributed by atoms with van der Waals surface area (Å²) >= 11 is 0. The van der Waals surface area contributed by atoms with Crippen molar-refractivity contribution in [2.24, 2.45) is 0 Å². The molecule has 0 radical (unpaired) electrons. The monoisotopic (exact) mass is 640 g/mol. The summed E-state index contributed by atoms with van der Waals surface area (Å²) < 4.78 is 6.37. The molecule has 1 aromatic heterocycles. The van der Waals surface area contributed by atoms with E-state index < -0.39 is 0 Å².